The van der Waals surface area contributed by atoms with Gasteiger partial charge in [-0.2, -0.15) is 0 Å². The molecule has 0 heterocycles. The Hall–Kier alpha value is -2.09. The van der Waals surface area contributed by atoms with Crippen molar-refractivity contribution in [3.05, 3.63) is 35.9 Å². The molecule has 0 atom stereocenters. The van der Waals surface area contributed by atoms with Gasteiger partial charge in [-0.05, 0) is 31.7 Å². The van der Waals surface area contributed by atoms with Crippen LogP contribution in [0.3, 0.4) is 0 Å². The van der Waals surface area contributed by atoms with Crippen LogP contribution in [-0.4, -0.2) is 52.2 Å². The average Bonchev–Trinajstić information content (AvgIpc) is 3.47. The zero-order valence-electron chi connectivity index (χ0n) is 15.9. The number of rotatable bonds is 11. The van der Waals surface area contributed by atoms with Crippen LogP contribution in [0.15, 0.2) is 35.3 Å². The molecule has 1 amide bonds. The van der Waals surface area contributed by atoms with Crippen LogP contribution < -0.4 is 16.0 Å². The maximum Gasteiger partial charge on any atom is 0.223 e. The molecule has 0 aromatic heterocycles. The van der Waals surface area contributed by atoms with E-state index in [1.165, 1.54) is 0 Å². The summed E-state index contributed by atoms with van der Waals surface area (Å²) in [6, 6.07) is 9.21. The normalized spacial score (nSPS) is 14.6. The first kappa shape index (κ1) is 21.2. The van der Waals surface area contributed by atoms with Crippen LogP contribution in [0.25, 0.3) is 0 Å². The molecule has 0 unspecified atom stereocenters. The lowest BCUT2D eigenvalue weighted by Crippen LogP contribution is -2.41. The number of sulfone groups is 1. The SMILES string of the molecule is CCNC(=NCCCS(=O)(=O)Cc1ccccc1)NCCNC(=O)C1CC1. The van der Waals surface area contributed by atoms with Gasteiger partial charge in [-0.25, -0.2) is 8.42 Å². The molecule has 0 aliphatic heterocycles. The Balaban J connectivity index is 1.67. The first-order valence-electron chi connectivity index (χ1n) is 9.54. The van der Waals surface area contributed by atoms with E-state index in [-0.39, 0.29) is 23.3 Å². The van der Waals surface area contributed by atoms with Gasteiger partial charge in [0, 0.05) is 32.1 Å². The fourth-order valence-electron chi connectivity index (χ4n) is 2.57. The predicted octanol–water partition coefficient (Wildman–Crippen LogP) is 1.07. The molecule has 0 radical (unpaired) electrons. The van der Waals surface area contributed by atoms with Gasteiger partial charge in [-0.3, -0.25) is 9.79 Å². The zero-order chi connectivity index (χ0) is 19.5. The van der Waals surface area contributed by atoms with E-state index in [0.29, 0.717) is 38.6 Å². The van der Waals surface area contributed by atoms with Crippen molar-refractivity contribution in [1.29, 1.82) is 0 Å². The number of benzene rings is 1. The van der Waals surface area contributed by atoms with Crippen molar-refractivity contribution in [3.63, 3.8) is 0 Å². The van der Waals surface area contributed by atoms with Gasteiger partial charge in [0.1, 0.15) is 0 Å². The predicted molar refractivity (Wildman–Crippen MR) is 108 cm³/mol. The molecule has 0 spiro atoms. The van der Waals surface area contributed by atoms with E-state index in [2.05, 4.69) is 20.9 Å². The van der Waals surface area contributed by atoms with Crippen LogP contribution in [0.5, 0.6) is 0 Å². The highest BCUT2D eigenvalue weighted by atomic mass is 32.2. The molecule has 0 bridgehead atoms. The summed E-state index contributed by atoms with van der Waals surface area (Å²) in [6.07, 6.45) is 2.47. The minimum atomic E-state index is -3.14. The first-order chi connectivity index (χ1) is 13.0. The first-order valence-corrected chi connectivity index (χ1v) is 11.4. The molecular weight excluding hydrogens is 364 g/mol. The van der Waals surface area contributed by atoms with Gasteiger partial charge in [-0.15, -0.1) is 0 Å². The number of guanidine groups is 1. The Morgan fingerprint density at radius 3 is 2.48 bits per heavy atom. The molecule has 8 heteroatoms. The van der Waals surface area contributed by atoms with Gasteiger partial charge in [0.05, 0.1) is 11.5 Å². The van der Waals surface area contributed by atoms with Crippen LogP contribution in [0.2, 0.25) is 0 Å². The Bertz CT molecular complexity index is 716. The summed E-state index contributed by atoms with van der Waals surface area (Å²) in [6.45, 7) is 4.24. The summed E-state index contributed by atoms with van der Waals surface area (Å²) >= 11 is 0. The van der Waals surface area contributed by atoms with Crippen LogP contribution >= 0.6 is 0 Å². The number of nitrogens with one attached hydrogen (secondary N) is 3. The molecule has 2 rings (SSSR count). The molecule has 3 N–H and O–H groups in total. The van der Waals surface area contributed by atoms with E-state index in [9.17, 15) is 13.2 Å². The minimum absolute atomic E-state index is 0.0660. The fourth-order valence-corrected chi connectivity index (χ4v) is 3.99. The average molecular weight is 395 g/mol. The summed E-state index contributed by atoms with van der Waals surface area (Å²) in [7, 11) is -3.14. The molecule has 1 aromatic carbocycles. The lowest BCUT2D eigenvalue weighted by molar-refractivity contribution is -0.122. The Kier molecular flexibility index (Phi) is 8.57. The summed E-state index contributed by atoms with van der Waals surface area (Å²) in [5.74, 6) is 1.16. The number of amides is 1. The molecule has 27 heavy (non-hydrogen) atoms. The number of hydrogen-bond acceptors (Lipinski definition) is 4. The van der Waals surface area contributed by atoms with Gasteiger partial charge in [0.2, 0.25) is 5.91 Å². The van der Waals surface area contributed by atoms with Crippen LogP contribution in [-0.2, 0) is 20.4 Å². The lowest BCUT2D eigenvalue weighted by Gasteiger charge is -2.12. The Labute approximate surface area is 162 Å². The van der Waals surface area contributed by atoms with Crippen molar-refractivity contribution in [2.75, 3.05) is 31.9 Å². The van der Waals surface area contributed by atoms with E-state index in [0.717, 1.165) is 18.4 Å². The number of aliphatic imine (C=N–C) groups is 1. The second kappa shape index (κ2) is 10.9. The summed E-state index contributed by atoms with van der Waals surface area (Å²) in [5.41, 5.74) is 0.809. The second-order valence-electron chi connectivity index (χ2n) is 6.68. The molecule has 1 saturated carbocycles. The summed E-state index contributed by atoms with van der Waals surface area (Å²) in [4.78, 5) is 16.0. The number of carbonyl (C=O) groups is 1. The number of nitrogens with zero attached hydrogens (tertiary/aromatic N) is 1. The van der Waals surface area contributed by atoms with E-state index in [1.54, 1.807) is 0 Å². The van der Waals surface area contributed by atoms with Crippen molar-refractivity contribution in [2.24, 2.45) is 10.9 Å². The molecule has 1 aliphatic carbocycles. The van der Waals surface area contributed by atoms with Gasteiger partial charge >= 0.3 is 0 Å². The fraction of sp³-hybridized carbons (Fsp3) is 0.579. The van der Waals surface area contributed by atoms with E-state index >= 15 is 0 Å². The Morgan fingerprint density at radius 2 is 1.81 bits per heavy atom. The van der Waals surface area contributed by atoms with E-state index in [1.807, 2.05) is 37.3 Å². The van der Waals surface area contributed by atoms with Crippen molar-refractivity contribution >= 4 is 21.7 Å². The van der Waals surface area contributed by atoms with Gasteiger partial charge in [-0.1, -0.05) is 30.3 Å². The van der Waals surface area contributed by atoms with Gasteiger partial charge in [0.15, 0.2) is 15.8 Å². The topological polar surface area (TPSA) is 99.7 Å². The largest absolute Gasteiger partial charge is 0.357 e. The van der Waals surface area contributed by atoms with Crippen LogP contribution in [0.1, 0.15) is 31.7 Å². The maximum atomic E-state index is 12.2. The molecule has 150 valence electrons. The van der Waals surface area contributed by atoms with Crippen molar-refractivity contribution in [3.8, 4) is 0 Å². The number of hydrogen-bond donors (Lipinski definition) is 3. The van der Waals surface area contributed by atoms with Crippen molar-refractivity contribution in [1.82, 2.24) is 16.0 Å². The monoisotopic (exact) mass is 394 g/mol. The molecular formula is C19H30N4O3S. The third-order valence-electron chi connectivity index (χ3n) is 4.12. The van der Waals surface area contributed by atoms with E-state index in [4.69, 9.17) is 0 Å². The zero-order valence-corrected chi connectivity index (χ0v) is 16.7. The van der Waals surface area contributed by atoms with Crippen LogP contribution in [0.4, 0.5) is 0 Å². The lowest BCUT2D eigenvalue weighted by atomic mass is 10.2. The third-order valence-corrected chi connectivity index (χ3v) is 5.81. The van der Waals surface area contributed by atoms with Crippen molar-refractivity contribution in [2.45, 2.75) is 31.9 Å². The molecule has 0 saturated heterocycles. The molecule has 1 fully saturated rings. The quantitative estimate of drug-likeness (QED) is 0.296. The van der Waals surface area contributed by atoms with E-state index < -0.39 is 9.84 Å². The molecule has 7 nitrogen and oxygen atoms in total. The minimum Gasteiger partial charge on any atom is -0.357 e. The van der Waals surface area contributed by atoms with Crippen molar-refractivity contribution < 1.29 is 13.2 Å². The van der Waals surface area contributed by atoms with Gasteiger partial charge in [0.25, 0.3) is 0 Å². The smallest absolute Gasteiger partial charge is 0.223 e. The molecule has 1 aromatic rings. The third kappa shape index (κ3) is 8.90. The van der Waals surface area contributed by atoms with Gasteiger partial charge < -0.3 is 16.0 Å². The standard InChI is InChI=1S/C19H30N4O3S/c1-2-20-19(23-13-12-21-18(24)17-9-10-17)22-11-6-14-27(25,26)15-16-7-4-3-5-8-16/h3-5,7-8,17H,2,6,9-15H2,1H3,(H,21,24)(H2,20,22,23). The molecule has 1 aliphatic rings. The highest BCUT2D eigenvalue weighted by Gasteiger charge is 2.28. The van der Waals surface area contributed by atoms with Crippen LogP contribution in [0, 0.1) is 5.92 Å². The maximum absolute atomic E-state index is 12.2. The summed E-state index contributed by atoms with van der Waals surface area (Å²) in [5, 5.41) is 9.16. The second-order valence-corrected chi connectivity index (χ2v) is 8.87. The summed E-state index contributed by atoms with van der Waals surface area (Å²) < 4.78 is 24.4. The highest BCUT2D eigenvalue weighted by Crippen LogP contribution is 2.28. The number of carbonyl (C=O) groups excluding carboxylic acids is 1. The Morgan fingerprint density at radius 1 is 1.11 bits per heavy atom. The highest BCUT2D eigenvalue weighted by molar-refractivity contribution is 7.90.